The van der Waals surface area contributed by atoms with Crippen molar-refractivity contribution in [3.05, 3.63) is 0 Å². The highest BCUT2D eigenvalue weighted by Gasteiger charge is 2.62. The molecule has 0 aromatic heterocycles. The molecule has 0 aromatic rings. The first-order valence-electron chi connectivity index (χ1n) is 5.01. The van der Waals surface area contributed by atoms with E-state index >= 15 is 0 Å². The SMILES string of the molecule is CC1(C)O[C@@]2(C)OCCO[C@@]2(C)OC1=O. The lowest BCUT2D eigenvalue weighted by atomic mass is 10.0. The molecule has 0 N–H and O–H groups in total. The molecule has 2 fully saturated rings. The van der Waals surface area contributed by atoms with Crippen molar-refractivity contribution < 1.29 is 23.7 Å². The molecule has 2 heterocycles. The van der Waals surface area contributed by atoms with Crippen LogP contribution in [-0.4, -0.2) is 36.4 Å². The fourth-order valence-electron chi connectivity index (χ4n) is 1.81. The van der Waals surface area contributed by atoms with Crippen molar-refractivity contribution in [1.82, 2.24) is 0 Å². The zero-order valence-electron chi connectivity index (χ0n) is 9.46. The summed E-state index contributed by atoms with van der Waals surface area (Å²) in [5, 5.41) is 0. The van der Waals surface area contributed by atoms with Crippen LogP contribution in [-0.2, 0) is 23.7 Å². The number of ether oxygens (including phenoxy) is 4. The molecule has 0 spiro atoms. The second-order valence-electron chi connectivity index (χ2n) is 4.59. The van der Waals surface area contributed by atoms with Gasteiger partial charge in [0.1, 0.15) is 0 Å². The van der Waals surface area contributed by atoms with Crippen LogP contribution >= 0.6 is 0 Å². The standard InChI is InChI=1S/C10H16O5/c1-8(2)7(11)14-9(3)10(4,15-8)13-6-5-12-9/h5-6H2,1-4H3/t9-,10+/m0/s1. The van der Waals surface area contributed by atoms with Crippen LogP contribution in [0, 0.1) is 0 Å². The first kappa shape index (κ1) is 10.9. The molecule has 2 saturated heterocycles. The maximum atomic E-state index is 11.6. The number of rotatable bonds is 0. The normalized spacial score (nSPS) is 44.4. The molecule has 2 rings (SSSR count). The molecule has 5 nitrogen and oxygen atoms in total. The zero-order valence-corrected chi connectivity index (χ0v) is 9.46. The van der Waals surface area contributed by atoms with E-state index in [0.717, 1.165) is 0 Å². The average Bonchev–Trinajstić information content (AvgIpc) is 2.08. The molecule has 5 heteroatoms. The van der Waals surface area contributed by atoms with Crippen LogP contribution in [0.4, 0.5) is 0 Å². The minimum atomic E-state index is -1.15. The van der Waals surface area contributed by atoms with Crippen molar-refractivity contribution >= 4 is 5.97 Å². The fraction of sp³-hybridized carbons (Fsp3) is 0.900. The summed E-state index contributed by atoms with van der Waals surface area (Å²) in [5.41, 5.74) is -1.00. The topological polar surface area (TPSA) is 54.0 Å². The van der Waals surface area contributed by atoms with Crippen LogP contribution in [0.3, 0.4) is 0 Å². The molecule has 0 unspecified atom stereocenters. The highest BCUT2D eigenvalue weighted by molar-refractivity contribution is 5.79. The van der Waals surface area contributed by atoms with Gasteiger partial charge in [-0.25, -0.2) is 4.79 Å². The first-order chi connectivity index (χ1) is 6.79. The number of hydrogen-bond donors (Lipinski definition) is 0. The molecule has 0 aromatic carbocycles. The number of esters is 1. The average molecular weight is 216 g/mol. The maximum absolute atomic E-state index is 11.6. The lowest BCUT2D eigenvalue weighted by Gasteiger charge is -2.53. The zero-order chi connectivity index (χ0) is 11.3. The van der Waals surface area contributed by atoms with Crippen molar-refractivity contribution in [2.75, 3.05) is 13.2 Å². The molecular weight excluding hydrogens is 200 g/mol. The third-order valence-electron chi connectivity index (χ3n) is 2.89. The molecule has 0 bridgehead atoms. The Kier molecular flexibility index (Phi) is 2.12. The van der Waals surface area contributed by atoms with E-state index in [0.29, 0.717) is 13.2 Å². The Morgan fingerprint density at radius 2 is 1.53 bits per heavy atom. The van der Waals surface area contributed by atoms with Crippen molar-refractivity contribution in [1.29, 1.82) is 0 Å². The first-order valence-corrected chi connectivity index (χ1v) is 5.01. The number of carbonyl (C=O) groups is 1. The van der Waals surface area contributed by atoms with Gasteiger partial charge in [-0.05, 0) is 20.8 Å². The van der Waals surface area contributed by atoms with Gasteiger partial charge in [-0.1, -0.05) is 0 Å². The maximum Gasteiger partial charge on any atom is 0.340 e. The van der Waals surface area contributed by atoms with Gasteiger partial charge in [0, 0.05) is 6.92 Å². The fourth-order valence-corrected chi connectivity index (χ4v) is 1.81. The van der Waals surface area contributed by atoms with Crippen molar-refractivity contribution in [2.45, 2.75) is 44.9 Å². The molecule has 0 saturated carbocycles. The summed E-state index contributed by atoms with van der Waals surface area (Å²) < 4.78 is 21.9. The van der Waals surface area contributed by atoms with Gasteiger partial charge in [-0.15, -0.1) is 0 Å². The smallest absolute Gasteiger partial charge is 0.340 e. The van der Waals surface area contributed by atoms with Gasteiger partial charge in [0.25, 0.3) is 5.79 Å². The predicted octanol–water partition coefficient (Wildman–Crippen LogP) is 0.818. The van der Waals surface area contributed by atoms with Crippen LogP contribution in [0.2, 0.25) is 0 Å². The molecule has 2 atom stereocenters. The molecular formula is C10H16O5. The van der Waals surface area contributed by atoms with Gasteiger partial charge in [0.05, 0.1) is 13.2 Å². The Morgan fingerprint density at radius 3 is 2.13 bits per heavy atom. The van der Waals surface area contributed by atoms with Crippen LogP contribution < -0.4 is 0 Å². The van der Waals surface area contributed by atoms with E-state index < -0.39 is 23.1 Å². The van der Waals surface area contributed by atoms with Gasteiger partial charge in [0.15, 0.2) is 5.60 Å². The summed E-state index contributed by atoms with van der Waals surface area (Å²) >= 11 is 0. The number of carbonyl (C=O) groups excluding carboxylic acids is 1. The largest absolute Gasteiger partial charge is 0.425 e. The Bertz CT molecular complexity index is 300. The van der Waals surface area contributed by atoms with Crippen LogP contribution in [0.25, 0.3) is 0 Å². The summed E-state index contributed by atoms with van der Waals surface area (Å²) in [6.07, 6.45) is 0. The molecule has 0 amide bonds. The minimum Gasteiger partial charge on any atom is -0.425 e. The summed E-state index contributed by atoms with van der Waals surface area (Å²) in [6, 6.07) is 0. The molecule has 0 radical (unpaired) electrons. The number of hydrogen-bond acceptors (Lipinski definition) is 5. The summed E-state index contributed by atoms with van der Waals surface area (Å²) in [4.78, 5) is 11.6. The Hall–Kier alpha value is -0.650. The third-order valence-corrected chi connectivity index (χ3v) is 2.89. The Labute approximate surface area is 88.6 Å². The van der Waals surface area contributed by atoms with E-state index in [1.807, 2.05) is 0 Å². The van der Waals surface area contributed by atoms with Crippen molar-refractivity contribution in [3.63, 3.8) is 0 Å². The molecule has 0 aliphatic carbocycles. The predicted molar refractivity (Wildman–Crippen MR) is 50.0 cm³/mol. The second kappa shape index (κ2) is 2.93. The van der Waals surface area contributed by atoms with Gasteiger partial charge in [-0.2, -0.15) is 0 Å². The van der Waals surface area contributed by atoms with E-state index in [9.17, 15) is 4.79 Å². The Balaban J connectivity index is 2.33. The van der Waals surface area contributed by atoms with E-state index in [1.54, 1.807) is 27.7 Å². The van der Waals surface area contributed by atoms with Crippen LogP contribution in [0.1, 0.15) is 27.7 Å². The van der Waals surface area contributed by atoms with Gasteiger partial charge >= 0.3 is 5.97 Å². The van der Waals surface area contributed by atoms with Crippen molar-refractivity contribution in [3.8, 4) is 0 Å². The van der Waals surface area contributed by atoms with Crippen LogP contribution in [0.15, 0.2) is 0 Å². The van der Waals surface area contributed by atoms with E-state index in [-0.39, 0.29) is 0 Å². The second-order valence-corrected chi connectivity index (χ2v) is 4.59. The van der Waals surface area contributed by atoms with Gasteiger partial charge in [-0.3, -0.25) is 0 Å². The summed E-state index contributed by atoms with van der Waals surface area (Å²) in [6.45, 7) is 7.50. The highest BCUT2D eigenvalue weighted by Crippen LogP contribution is 2.43. The summed E-state index contributed by atoms with van der Waals surface area (Å²) in [5.74, 6) is -2.63. The molecule has 86 valence electrons. The quantitative estimate of drug-likeness (QED) is 0.561. The van der Waals surface area contributed by atoms with E-state index in [2.05, 4.69) is 0 Å². The lowest BCUT2D eigenvalue weighted by Crippen LogP contribution is -2.69. The summed E-state index contributed by atoms with van der Waals surface area (Å²) in [7, 11) is 0. The third kappa shape index (κ3) is 1.46. The highest BCUT2D eigenvalue weighted by atomic mass is 16.8. The molecule has 15 heavy (non-hydrogen) atoms. The number of fused-ring (bicyclic) bond motifs is 1. The van der Waals surface area contributed by atoms with Gasteiger partial charge in [0.2, 0.25) is 5.79 Å². The monoisotopic (exact) mass is 216 g/mol. The lowest BCUT2D eigenvalue weighted by molar-refractivity contribution is -0.452. The molecule has 2 aliphatic heterocycles. The minimum absolute atomic E-state index is 0.392. The van der Waals surface area contributed by atoms with E-state index in [1.165, 1.54) is 0 Å². The molecule has 2 aliphatic rings. The Morgan fingerprint density at radius 1 is 1.00 bits per heavy atom. The van der Waals surface area contributed by atoms with Crippen LogP contribution in [0.5, 0.6) is 0 Å². The van der Waals surface area contributed by atoms with Gasteiger partial charge < -0.3 is 18.9 Å². The van der Waals surface area contributed by atoms with Crippen molar-refractivity contribution in [2.24, 2.45) is 0 Å². The van der Waals surface area contributed by atoms with E-state index in [4.69, 9.17) is 18.9 Å².